The maximum absolute atomic E-state index is 12.0. The summed E-state index contributed by atoms with van der Waals surface area (Å²) >= 11 is 0. The Morgan fingerprint density at radius 2 is 1.76 bits per heavy atom. The maximum atomic E-state index is 12.0. The molecule has 0 aliphatic carbocycles. The van der Waals surface area contributed by atoms with Crippen LogP contribution in [0.15, 0.2) is 0 Å². The number of methoxy groups -OCH3 is 1. The number of esters is 1. The topological polar surface area (TPSA) is 113 Å². The number of ether oxygens (including phenoxy) is 3. The fourth-order valence-corrected chi connectivity index (χ4v) is 5.59. The molecule has 1 unspecified atom stereocenters. The molecule has 0 N–H and O–H groups in total. The smallest absolute Gasteiger partial charge is 0.345 e. The van der Waals surface area contributed by atoms with Gasteiger partial charge in [0, 0.05) is 19.1 Å². The number of carbonyl (C=O) groups excluding carboxylic acids is 1. The Kier molecular flexibility index (Phi) is 5.76. The van der Waals surface area contributed by atoms with Gasteiger partial charge in [-0.15, -0.1) is 0 Å². The van der Waals surface area contributed by atoms with Gasteiger partial charge >= 0.3 is 5.97 Å². The molecule has 1 saturated heterocycles. The van der Waals surface area contributed by atoms with Crippen LogP contribution < -0.4 is 0 Å². The first-order valence-corrected chi connectivity index (χ1v) is 10.1. The molecule has 10 heteroatoms. The Labute approximate surface area is 124 Å². The summed E-state index contributed by atoms with van der Waals surface area (Å²) in [5.74, 6) is -1.39. The van der Waals surface area contributed by atoms with Gasteiger partial charge in [0.25, 0.3) is 4.08 Å². The Balaban J connectivity index is 3.15. The van der Waals surface area contributed by atoms with Crippen LogP contribution in [-0.2, 0) is 38.7 Å². The second-order valence-electron chi connectivity index (χ2n) is 4.90. The number of rotatable bonds is 6. The Bertz CT molecular complexity index is 539. The van der Waals surface area contributed by atoms with Crippen LogP contribution in [0.25, 0.3) is 0 Å². The molecule has 0 amide bonds. The van der Waals surface area contributed by atoms with Crippen molar-refractivity contribution in [2.45, 2.75) is 29.6 Å². The lowest BCUT2D eigenvalue weighted by Gasteiger charge is -2.30. The predicted molar refractivity (Wildman–Crippen MR) is 74.0 cm³/mol. The zero-order valence-electron chi connectivity index (χ0n) is 12.2. The van der Waals surface area contributed by atoms with E-state index in [4.69, 9.17) is 9.47 Å². The molecule has 1 rings (SSSR count). The van der Waals surface area contributed by atoms with E-state index in [2.05, 4.69) is 4.74 Å². The van der Waals surface area contributed by atoms with Gasteiger partial charge in [-0.05, 0) is 19.3 Å². The van der Waals surface area contributed by atoms with Crippen LogP contribution in [0, 0.1) is 0 Å². The Hall–Kier alpha value is -0.710. The third-order valence-electron chi connectivity index (χ3n) is 3.29. The predicted octanol–water partition coefficient (Wildman–Crippen LogP) is -0.512. The van der Waals surface area contributed by atoms with Gasteiger partial charge in [0.2, 0.25) is 0 Å². The molecule has 0 saturated carbocycles. The van der Waals surface area contributed by atoms with Crippen molar-refractivity contribution < 1.29 is 35.8 Å². The first-order chi connectivity index (χ1) is 9.56. The zero-order valence-corrected chi connectivity index (χ0v) is 13.8. The highest BCUT2D eigenvalue weighted by Crippen LogP contribution is 2.28. The van der Waals surface area contributed by atoms with E-state index < -0.39 is 42.6 Å². The fourth-order valence-electron chi connectivity index (χ4n) is 2.05. The van der Waals surface area contributed by atoms with Gasteiger partial charge in [-0.25, -0.2) is 21.6 Å². The summed E-state index contributed by atoms with van der Waals surface area (Å²) in [6.07, 6.45) is 2.76. The molecule has 1 atom stereocenters. The van der Waals surface area contributed by atoms with Crippen molar-refractivity contribution >= 4 is 25.6 Å². The van der Waals surface area contributed by atoms with Crippen molar-refractivity contribution in [3.63, 3.8) is 0 Å². The lowest BCUT2D eigenvalue weighted by Crippen LogP contribution is -2.57. The van der Waals surface area contributed by atoms with E-state index in [1.165, 1.54) is 0 Å². The van der Waals surface area contributed by atoms with Gasteiger partial charge < -0.3 is 14.2 Å². The van der Waals surface area contributed by atoms with E-state index in [0.717, 1.165) is 20.0 Å². The molecule has 1 aliphatic heterocycles. The molecule has 0 aromatic rings. The molecule has 0 radical (unpaired) electrons. The summed E-state index contributed by atoms with van der Waals surface area (Å²) < 4.78 is 60.0. The van der Waals surface area contributed by atoms with Crippen molar-refractivity contribution in [1.29, 1.82) is 0 Å². The van der Waals surface area contributed by atoms with Gasteiger partial charge in [0.1, 0.15) is 0 Å². The normalized spacial score (nSPS) is 21.0. The molecule has 0 bridgehead atoms. The average molecular weight is 344 g/mol. The van der Waals surface area contributed by atoms with Gasteiger partial charge in [-0.2, -0.15) is 0 Å². The van der Waals surface area contributed by atoms with Gasteiger partial charge in [-0.1, -0.05) is 0 Å². The minimum Gasteiger partial charge on any atom is -0.467 e. The molecule has 1 heterocycles. The SMILES string of the molecule is COC(=O)C(COC1CCCCO1)(S(C)(=O)=O)S(C)(=O)=O. The van der Waals surface area contributed by atoms with Crippen LogP contribution in [0.2, 0.25) is 0 Å². The van der Waals surface area contributed by atoms with Crippen molar-refractivity contribution in [1.82, 2.24) is 0 Å². The number of carbonyl (C=O) groups is 1. The van der Waals surface area contributed by atoms with E-state index in [1.807, 2.05) is 0 Å². The molecule has 8 nitrogen and oxygen atoms in total. The third-order valence-corrected chi connectivity index (χ3v) is 8.07. The van der Waals surface area contributed by atoms with E-state index in [0.29, 0.717) is 25.5 Å². The molecular weight excluding hydrogens is 324 g/mol. The lowest BCUT2D eigenvalue weighted by molar-refractivity contribution is -0.169. The maximum Gasteiger partial charge on any atom is 0.345 e. The second kappa shape index (κ2) is 6.59. The molecule has 0 aromatic carbocycles. The van der Waals surface area contributed by atoms with Crippen LogP contribution in [0.5, 0.6) is 0 Å². The first-order valence-electron chi connectivity index (χ1n) is 6.27. The summed E-state index contributed by atoms with van der Waals surface area (Å²) in [6, 6.07) is 0. The van der Waals surface area contributed by atoms with Crippen LogP contribution in [0.1, 0.15) is 19.3 Å². The van der Waals surface area contributed by atoms with Gasteiger partial charge in [0.15, 0.2) is 26.0 Å². The second-order valence-corrected chi connectivity index (χ2v) is 9.64. The first kappa shape index (κ1) is 18.3. The van der Waals surface area contributed by atoms with Crippen molar-refractivity contribution in [2.75, 3.05) is 32.8 Å². The van der Waals surface area contributed by atoms with E-state index >= 15 is 0 Å². The molecule has 1 fully saturated rings. The minimum absolute atomic E-state index is 0.438. The standard InChI is InChI=1S/C11H20O8S2/c1-17-10(12)11(20(2,13)14,21(3,15)16)8-19-9-6-4-5-7-18-9/h9H,4-8H2,1-3H3. The number of hydrogen-bond acceptors (Lipinski definition) is 8. The summed E-state index contributed by atoms with van der Waals surface area (Å²) in [5, 5.41) is 0. The van der Waals surface area contributed by atoms with Gasteiger partial charge in [0.05, 0.1) is 13.7 Å². The van der Waals surface area contributed by atoms with E-state index in [-0.39, 0.29) is 0 Å². The number of hydrogen-bond donors (Lipinski definition) is 0. The highest BCUT2D eigenvalue weighted by Gasteiger charge is 2.59. The average Bonchev–Trinajstić information content (AvgIpc) is 2.37. The van der Waals surface area contributed by atoms with Crippen LogP contribution in [-0.4, -0.2) is 66.0 Å². The zero-order chi connectivity index (χ0) is 16.3. The quantitative estimate of drug-likeness (QED) is 0.592. The lowest BCUT2D eigenvalue weighted by atomic mass is 10.2. The Morgan fingerprint density at radius 1 is 1.19 bits per heavy atom. The van der Waals surface area contributed by atoms with Crippen LogP contribution in [0.4, 0.5) is 0 Å². The van der Waals surface area contributed by atoms with Crippen molar-refractivity contribution in [3.05, 3.63) is 0 Å². The molecule has 0 aromatic heterocycles. The van der Waals surface area contributed by atoms with Gasteiger partial charge in [-0.3, -0.25) is 0 Å². The molecule has 0 spiro atoms. The molecule has 124 valence electrons. The molecular formula is C11H20O8S2. The summed E-state index contributed by atoms with van der Waals surface area (Å²) in [4.78, 5) is 11.9. The number of sulfone groups is 2. The van der Waals surface area contributed by atoms with Crippen LogP contribution >= 0.6 is 0 Å². The van der Waals surface area contributed by atoms with Crippen LogP contribution in [0.3, 0.4) is 0 Å². The Morgan fingerprint density at radius 3 is 2.14 bits per heavy atom. The fraction of sp³-hybridized carbons (Fsp3) is 0.909. The van der Waals surface area contributed by atoms with Crippen molar-refractivity contribution in [3.8, 4) is 0 Å². The summed E-state index contributed by atoms with van der Waals surface area (Å²) in [6.45, 7) is -0.421. The highest BCUT2D eigenvalue weighted by atomic mass is 32.3. The molecule has 21 heavy (non-hydrogen) atoms. The molecule has 1 aliphatic rings. The van der Waals surface area contributed by atoms with E-state index in [1.54, 1.807) is 0 Å². The summed E-state index contributed by atoms with van der Waals surface area (Å²) in [7, 11) is -7.76. The van der Waals surface area contributed by atoms with E-state index in [9.17, 15) is 21.6 Å². The monoisotopic (exact) mass is 344 g/mol. The largest absolute Gasteiger partial charge is 0.467 e. The third kappa shape index (κ3) is 3.74. The summed E-state index contributed by atoms with van der Waals surface area (Å²) in [5.41, 5.74) is 0. The van der Waals surface area contributed by atoms with Crippen molar-refractivity contribution in [2.24, 2.45) is 0 Å². The highest BCUT2D eigenvalue weighted by molar-refractivity contribution is 8.11. The minimum atomic E-state index is -4.34.